The quantitative estimate of drug-likeness (QED) is 0.890. The minimum absolute atomic E-state index is 0.307. The summed E-state index contributed by atoms with van der Waals surface area (Å²) in [6, 6.07) is 6.37. The van der Waals surface area contributed by atoms with Crippen molar-refractivity contribution < 1.29 is 4.39 Å². The molecular formula is C13H13FN4. The van der Waals surface area contributed by atoms with Crippen molar-refractivity contribution in [3.05, 3.63) is 53.4 Å². The van der Waals surface area contributed by atoms with Crippen molar-refractivity contribution in [2.24, 2.45) is 0 Å². The van der Waals surface area contributed by atoms with Crippen LogP contribution in [0.1, 0.15) is 17.0 Å². The molecule has 0 atom stereocenters. The van der Waals surface area contributed by atoms with Crippen molar-refractivity contribution in [2.75, 3.05) is 7.05 Å². The third-order valence-electron chi connectivity index (χ3n) is 2.65. The number of nitriles is 1. The Hall–Kier alpha value is -2.19. The zero-order valence-corrected chi connectivity index (χ0v) is 10.0. The first kappa shape index (κ1) is 12.3. The second kappa shape index (κ2) is 5.43. The SMILES string of the molecule is CNCc1nccn1Cc1cc(C#N)ccc1F. The minimum Gasteiger partial charge on any atom is -0.329 e. The van der Waals surface area contributed by atoms with Crippen LogP contribution in [0.2, 0.25) is 0 Å². The van der Waals surface area contributed by atoms with Gasteiger partial charge in [-0.3, -0.25) is 0 Å². The number of hydrogen-bond acceptors (Lipinski definition) is 3. The van der Waals surface area contributed by atoms with Gasteiger partial charge in [0.2, 0.25) is 0 Å². The lowest BCUT2D eigenvalue weighted by Crippen LogP contribution is -2.13. The molecule has 4 nitrogen and oxygen atoms in total. The van der Waals surface area contributed by atoms with Crippen LogP contribution >= 0.6 is 0 Å². The smallest absolute Gasteiger partial charge is 0.128 e. The van der Waals surface area contributed by atoms with E-state index in [0.717, 1.165) is 5.82 Å². The summed E-state index contributed by atoms with van der Waals surface area (Å²) in [5.41, 5.74) is 0.950. The van der Waals surface area contributed by atoms with E-state index in [1.807, 2.05) is 17.7 Å². The second-order valence-corrected chi connectivity index (χ2v) is 3.92. The Labute approximate surface area is 105 Å². The third-order valence-corrected chi connectivity index (χ3v) is 2.65. The molecule has 0 aliphatic heterocycles. The van der Waals surface area contributed by atoms with Gasteiger partial charge in [-0.05, 0) is 25.2 Å². The molecule has 0 saturated carbocycles. The Bertz CT molecular complexity index is 583. The first-order chi connectivity index (χ1) is 8.74. The van der Waals surface area contributed by atoms with Crippen LogP contribution in [0.15, 0.2) is 30.6 Å². The lowest BCUT2D eigenvalue weighted by atomic mass is 10.1. The summed E-state index contributed by atoms with van der Waals surface area (Å²) in [7, 11) is 1.83. The van der Waals surface area contributed by atoms with Gasteiger partial charge in [-0.25, -0.2) is 9.37 Å². The van der Waals surface area contributed by atoms with Gasteiger partial charge in [0, 0.05) is 18.0 Å². The number of nitrogens with one attached hydrogen (secondary N) is 1. The molecule has 0 aliphatic rings. The molecule has 2 rings (SSSR count). The van der Waals surface area contributed by atoms with E-state index in [0.29, 0.717) is 24.2 Å². The molecule has 1 aromatic carbocycles. The Kier molecular flexibility index (Phi) is 3.70. The van der Waals surface area contributed by atoms with Crippen LogP contribution in [0.3, 0.4) is 0 Å². The van der Waals surface area contributed by atoms with Crippen LogP contribution in [0.4, 0.5) is 4.39 Å². The van der Waals surface area contributed by atoms with Crippen LogP contribution in [0, 0.1) is 17.1 Å². The van der Waals surface area contributed by atoms with Gasteiger partial charge in [-0.2, -0.15) is 5.26 Å². The predicted octanol–water partition coefficient (Wildman–Crippen LogP) is 1.66. The fourth-order valence-corrected chi connectivity index (χ4v) is 1.76. The van der Waals surface area contributed by atoms with E-state index in [1.165, 1.54) is 12.1 Å². The average Bonchev–Trinajstić information content (AvgIpc) is 2.80. The zero-order valence-electron chi connectivity index (χ0n) is 10.0. The average molecular weight is 244 g/mol. The maximum atomic E-state index is 13.7. The Balaban J connectivity index is 2.28. The molecular weight excluding hydrogens is 231 g/mol. The van der Waals surface area contributed by atoms with Crippen LogP contribution < -0.4 is 5.32 Å². The summed E-state index contributed by atoms with van der Waals surface area (Å²) in [4.78, 5) is 4.19. The summed E-state index contributed by atoms with van der Waals surface area (Å²) in [6.07, 6.45) is 3.48. The van der Waals surface area contributed by atoms with Crippen molar-refractivity contribution in [1.82, 2.24) is 14.9 Å². The first-order valence-electron chi connectivity index (χ1n) is 5.57. The molecule has 0 fully saturated rings. The van der Waals surface area contributed by atoms with Gasteiger partial charge in [0.15, 0.2) is 0 Å². The van der Waals surface area contributed by atoms with E-state index in [1.54, 1.807) is 18.5 Å². The monoisotopic (exact) mass is 244 g/mol. The Morgan fingerprint density at radius 2 is 2.33 bits per heavy atom. The number of benzene rings is 1. The molecule has 1 N–H and O–H groups in total. The highest BCUT2D eigenvalue weighted by Crippen LogP contribution is 2.13. The Morgan fingerprint density at radius 1 is 1.50 bits per heavy atom. The first-order valence-corrected chi connectivity index (χ1v) is 5.57. The number of nitrogens with zero attached hydrogens (tertiary/aromatic N) is 3. The maximum absolute atomic E-state index is 13.7. The van der Waals surface area contributed by atoms with Gasteiger partial charge < -0.3 is 9.88 Å². The number of hydrogen-bond donors (Lipinski definition) is 1. The molecule has 0 saturated heterocycles. The molecule has 18 heavy (non-hydrogen) atoms. The predicted molar refractivity (Wildman–Crippen MR) is 65.2 cm³/mol. The van der Waals surface area contributed by atoms with Gasteiger partial charge in [0.05, 0.1) is 24.7 Å². The number of aromatic nitrogens is 2. The van der Waals surface area contributed by atoms with Crippen molar-refractivity contribution in [3.63, 3.8) is 0 Å². The summed E-state index contributed by atoms with van der Waals surface area (Å²) in [5, 5.41) is 11.8. The lowest BCUT2D eigenvalue weighted by Gasteiger charge is -2.08. The van der Waals surface area contributed by atoms with Crippen LogP contribution in [-0.4, -0.2) is 16.6 Å². The minimum atomic E-state index is -0.307. The molecule has 1 aromatic heterocycles. The summed E-state index contributed by atoms with van der Waals surface area (Å²) < 4.78 is 15.5. The van der Waals surface area contributed by atoms with Crippen molar-refractivity contribution in [2.45, 2.75) is 13.1 Å². The molecule has 0 spiro atoms. The van der Waals surface area contributed by atoms with Crippen molar-refractivity contribution in [3.8, 4) is 6.07 Å². The van der Waals surface area contributed by atoms with Crippen LogP contribution in [0.25, 0.3) is 0 Å². The maximum Gasteiger partial charge on any atom is 0.128 e. The summed E-state index contributed by atoms with van der Waals surface area (Å²) in [6.45, 7) is 0.991. The van der Waals surface area contributed by atoms with Crippen LogP contribution in [-0.2, 0) is 13.1 Å². The summed E-state index contributed by atoms with van der Waals surface area (Å²) in [5.74, 6) is 0.525. The van der Waals surface area contributed by atoms with Gasteiger partial charge in [0.25, 0.3) is 0 Å². The zero-order chi connectivity index (χ0) is 13.0. The summed E-state index contributed by atoms with van der Waals surface area (Å²) >= 11 is 0. The molecule has 0 bridgehead atoms. The van der Waals surface area contributed by atoms with Gasteiger partial charge in [-0.15, -0.1) is 0 Å². The Morgan fingerprint density at radius 3 is 3.06 bits per heavy atom. The lowest BCUT2D eigenvalue weighted by molar-refractivity contribution is 0.590. The normalized spacial score (nSPS) is 10.3. The standard InChI is InChI=1S/C13H13FN4/c1-16-8-13-17-4-5-18(13)9-11-6-10(7-15)2-3-12(11)14/h2-6,16H,8-9H2,1H3. The van der Waals surface area contributed by atoms with E-state index in [9.17, 15) is 4.39 Å². The molecule has 2 aromatic rings. The highest BCUT2D eigenvalue weighted by atomic mass is 19.1. The van der Waals surface area contributed by atoms with E-state index < -0.39 is 0 Å². The highest BCUT2D eigenvalue weighted by molar-refractivity contribution is 5.34. The van der Waals surface area contributed by atoms with Gasteiger partial charge in [0.1, 0.15) is 11.6 Å². The van der Waals surface area contributed by atoms with Gasteiger partial charge >= 0.3 is 0 Å². The molecule has 92 valence electrons. The topological polar surface area (TPSA) is 53.6 Å². The number of imidazole rings is 1. The van der Waals surface area contributed by atoms with E-state index in [-0.39, 0.29) is 5.82 Å². The van der Waals surface area contributed by atoms with E-state index in [2.05, 4.69) is 10.3 Å². The van der Waals surface area contributed by atoms with Crippen molar-refractivity contribution >= 4 is 0 Å². The van der Waals surface area contributed by atoms with Gasteiger partial charge in [-0.1, -0.05) is 0 Å². The molecule has 1 heterocycles. The van der Waals surface area contributed by atoms with E-state index >= 15 is 0 Å². The molecule has 0 aliphatic carbocycles. The molecule has 0 radical (unpaired) electrons. The van der Waals surface area contributed by atoms with Crippen molar-refractivity contribution in [1.29, 1.82) is 5.26 Å². The molecule has 5 heteroatoms. The highest BCUT2D eigenvalue weighted by Gasteiger charge is 2.07. The largest absolute Gasteiger partial charge is 0.329 e. The fourth-order valence-electron chi connectivity index (χ4n) is 1.76. The van der Waals surface area contributed by atoms with Crippen LogP contribution in [0.5, 0.6) is 0 Å². The second-order valence-electron chi connectivity index (χ2n) is 3.92. The molecule has 0 unspecified atom stereocenters. The number of rotatable bonds is 4. The third kappa shape index (κ3) is 2.55. The molecule has 0 amide bonds. The van der Waals surface area contributed by atoms with E-state index in [4.69, 9.17) is 5.26 Å². The fraction of sp³-hybridized carbons (Fsp3) is 0.231. The number of halogens is 1.